The molecule has 5 heterocycles. The number of esters is 1. The van der Waals surface area contributed by atoms with Gasteiger partial charge in [0.05, 0.1) is 37.0 Å². The summed E-state index contributed by atoms with van der Waals surface area (Å²) in [6.07, 6.45) is 4.62. The van der Waals surface area contributed by atoms with E-state index in [-0.39, 0.29) is 30.5 Å². The van der Waals surface area contributed by atoms with Gasteiger partial charge in [-0.1, -0.05) is 12.2 Å². The number of likely N-dealkylation sites (tertiary alicyclic amines) is 1. The van der Waals surface area contributed by atoms with Crippen LogP contribution in [0, 0.1) is 17.8 Å². The van der Waals surface area contributed by atoms with E-state index >= 15 is 0 Å². The molecule has 4 atom stereocenters. The molecule has 0 aliphatic carbocycles. The largest absolute Gasteiger partial charge is 0.466 e. The highest BCUT2D eigenvalue weighted by molar-refractivity contribution is 6.03. The molecular formula is C24H26N2O7. The maximum atomic E-state index is 13.6. The molecule has 9 nitrogen and oxygen atoms in total. The number of carbonyl (C=O) groups is 3. The van der Waals surface area contributed by atoms with Crippen LogP contribution in [-0.2, 0) is 23.9 Å². The van der Waals surface area contributed by atoms with Gasteiger partial charge >= 0.3 is 5.97 Å². The van der Waals surface area contributed by atoms with Crippen molar-refractivity contribution < 1.29 is 33.3 Å². The van der Waals surface area contributed by atoms with E-state index in [0.717, 1.165) is 0 Å². The molecule has 1 spiro atoms. The van der Waals surface area contributed by atoms with Gasteiger partial charge in [-0.15, -0.1) is 0 Å². The minimum absolute atomic E-state index is 0.0700. The zero-order valence-electron chi connectivity index (χ0n) is 18.4. The maximum Gasteiger partial charge on any atom is 0.309 e. The third-order valence-electron chi connectivity index (χ3n) is 7.48. The van der Waals surface area contributed by atoms with Gasteiger partial charge < -0.3 is 28.7 Å². The molecule has 1 aromatic rings. The van der Waals surface area contributed by atoms with Gasteiger partial charge in [-0.3, -0.25) is 14.4 Å². The monoisotopic (exact) mass is 454 g/mol. The Morgan fingerprint density at radius 3 is 2.76 bits per heavy atom. The molecule has 0 saturated carbocycles. The average Bonchev–Trinajstić information content (AvgIpc) is 3.59. The quantitative estimate of drug-likeness (QED) is 0.503. The van der Waals surface area contributed by atoms with Crippen molar-refractivity contribution in [3.8, 4) is 11.5 Å². The first kappa shape index (κ1) is 20.5. The van der Waals surface area contributed by atoms with Crippen LogP contribution in [0.25, 0.3) is 0 Å². The molecule has 0 aromatic heterocycles. The van der Waals surface area contributed by atoms with E-state index in [1.807, 2.05) is 18.2 Å². The number of hydrogen-bond acceptors (Lipinski definition) is 7. The van der Waals surface area contributed by atoms with Gasteiger partial charge in [0.25, 0.3) is 0 Å². The molecule has 5 aliphatic heterocycles. The molecule has 2 amide bonds. The minimum Gasteiger partial charge on any atom is -0.466 e. The van der Waals surface area contributed by atoms with Crippen molar-refractivity contribution >= 4 is 23.5 Å². The summed E-state index contributed by atoms with van der Waals surface area (Å²) >= 11 is 0. The van der Waals surface area contributed by atoms with E-state index in [0.29, 0.717) is 56.3 Å². The summed E-state index contributed by atoms with van der Waals surface area (Å²) in [5.74, 6) is -0.409. The van der Waals surface area contributed by atoms with Crippen LogP contribution in [-0.4, -0.2) is 67.4 Å². The molecule has 5 aliphatic rings. The highest BCUT2D eigenvalue weighted by Gasteiger charge is 2.67. The summed E-state index contributed by atoms with van der Waals surface area (Å²) < 4.78 is 22.2. The average molecular weight is 454 g/mol. The second-order valence-corrected chi connectivity index (χ2v) is 9.21. The van der Waals surface area contributed by atoms with Gasteiger partial charge in [-0.2, -0.15) is 0 Å². The highest BCUT2D eigenvalue weighted by Crippen LogP contribution is 2.53. The van der Waals surface area contributed by atoms with E-state index in [1.165, 1.54) is 0 Å². The summed E-state index contributed by atoms with van der Waals surface area (Å²) in [6, 6.07) is 5.42. The minimum atomic E-state index is -0.790. The van der Waals surface area contributed by atoms with E-state index in [4.69, 9.17) is 18.9 Å². The topological polar surface area (TPSA) is 94.6 Å². The van der Waals surface area contributed by atoms with Crippen LogP contribution in [0.5, 0.6) is 11.5 Å². The molecule has 1 aromatic carbocycles. The van der Waals surface area contributed by atoms with E-state index in [9.17, 15) is 14.4 Å². The summed E-state index contributed by atoms with van der Waals surface area (Å²) in [5.41, 5.74) is -0.0863. The van der Waals surface area contributed by atoms with Gasteiger partial charge in [-0.25, -0.2) is 0 Å². The van der Waals surface area contributed by atoms with Crippen molar-refractivity contribution in [3.05, 3.63) is 30.4 Å². The molecule has 0 N–H and O–H groups in total. The van der Waals surface area contributed by atoms with Crippen LogP contribution in [0.15, 0.2) is 30.4 Å². The zero-order chi connectivity index (χ0) is 22.7. The van der Waals surface area contributed by atoms with E-state index < -0.39 is 23.5 Å². The van der Waals surface area contributed by atoms with E-state index in [2.05, 4.69) is 0 Å². The summed E-state index contributed by atoms with van der Waals surface area (Å²) in [5, 5.41) is 0. The van der Waals surface area contributed by atoms with Crippen LogP contribution >= 0.6 is 0 Å². The Morgan fingerprint density at radius 1 is 1.18 bits per heavy atom. The number of benzene rings is 1. The lowest BCUT2D eigenvalue weighted by Crippen LogP contribution is -2.49. The molecule has 0 radical (unpaired) electrons. The number of hydrogen-bond donors (Lipinski definition) is 0. The molecule has 33 heavy (non-hydrogen) atoms. The normalized spacial score (nSPS) is 31.9. The number of piperidine rings is 1. The lowest BCUT2D eigenvalue weighted by Gasteiger charge is -2.34. The van der Waals surface area contributed by atoms with Gasteiger partial charge in [0.2, 0.25) is 18.6 Å². The smallest absolute Gasteiger partial charge is 0.309 e. The predicted molar refractivity (Wildman–Crippen MR) is 115 cm³/mol. The third-order valence-corrected chi connectivity index (χ3v) is 7.48. The fraction of sp³-hybridized carbons (Fsp3) is 0.542. The fourth-order valence-corrected chi connectivity index (χ4v) is 5.86. The molecule has 6 rings (SSSR count). The Hall–Kier alpha value is -3.07. The predicted octanol–water partition coefficient (Wildman–Crippen LogP) is 1.50. The number of amides is 2. The molecule has 174 valence electrons. The third kappa shape index (κ3) is 3.05. The standard InChI is InChI=1S/C24H26N2O7/c1-2-30-23(29)14-6-9-25(10-7-14)21(27)19-17-5-8-24(33-17)12-26(22(28)20(19)24)15-3-4-16-18(11-15)32-13-31-16/h3-5,8,11,14,17,19-20H,2,6-7,9-10,12-13H2,1H3/t17-,19-,20-,24+/m1/s1. The van der Waals surface area contributed by atoms with Gasteiger partial charge in [0, 0.05) is 24.8 Å². The van der Waals surface area contributed by atoms with E-state index in [1.54, 1.807) is 28.9 Å². The molecule has 2 bridgehead atoms. The van der Waals surface area contributed by atoms with Gasteiger partial charge in [-0.05, 0) is 31.9 Å². The first-order valence-corrected chi connectivity index (χ1v) is 11.5. The van der Waals surface area contributed by atoms with Crippen LogP contribution in [0.3, 0.4) is 0 Å². The maximum absolute atomic E-state index is 13.6. The Bertz CT molecular complexity index is 1050. The van der Waals surface area contributed by atoms with Crippen LogP contribution in [0.4, 0.5) is 5.69 Å². The zero-order valence-corrected chi connectivity index (χ0v) is 18.4. The number of fused-ring (bicyclic) bond motifs is 2. The van der Waals surface area contributed by atoms with Gasteiger partial charge in [0.1, 0.15) is 5.60 Å². The number of nitrogens with zero attached hydrogens (tertiary/aromatic N) is 2. The first-order valence-electron chi connectivity index (χ1n) is 11.5. The molecule has 3 fully saturated rings. The second kappa shape index (κ2) is 7.48. The van der Waals surface area contributed by atoms with Crippen LogP contribution < -0.4 is 14.4 Å². The van der Waals surface area contributed by atoms with Crippen molar-refractivity contribution in [2.45, 2.75) is 31.5 Å². The highest BCUT2D eigenvalue weighted by atomic mass is 16.7. The Morgan fingerprint density at radius 2 is 1.97 bits per heavy atom. The number of anilines is 1. The van der Waals surface area contributed by atoms with Crippen LogP contribution in [0.2, 0.25) is 0 Å². The lowest BCUT2D eigenvalue weighted by atomic mass is 9.76. The Kier molecular flexibility index (Phi) is 4.65. The molecule has 9 heteroatoms. The lowest BCUT2D eigenvalue weighted by molar-refractivity contribution is -0.152. The molecule has 3 saturated heterocycles. The summed E-state index contributed by atoms with van der Waals surface area (Å²) in [7, 11) is 0. The van der Waals surface area contributed by atoms with Crippen LogP contribution in [0.1, 0.15) is 19.8 Å². The van der Waals surface area contributed by atoms with Crippen molar-refractivity contribution in [1.82, 2.24) is 4.90 Å². The summed E-state index contributed by atoms with van der Waals surface area (Å²) in [4.78, 5) is 42.7. The Labute approximate surface area is 191 Å². The number of rotatable bonds is 4. The summed E-state index contributed by atoms with van der Waals surface area (Å²) in [6.45, 7) is 3.63. The first-order chi connectivity index (χ1) is 16.0. The SMILES string of the molecule is CCOC(=O)C1CCN(C(=O)[C@@H]2[C@H]3C=C[C@@]4(CN(c5ccc6c(c5)OCO6)C(=O)[C@@H]24)O3)CC1. The number of ether oxygens (including phenoxy) is 4. The molecule has 0 unspecified atom stereocenters. The van der Waals surface area contributed by atoms with Crippen molar-refractivity contribution in [2.75, 3.05) is 37.9 Å². The van der Waals surface area contributed by atoms with Crippen molar-refractivity contribution in [3.63, 3.8) is 0 Å². The number of carbonyl (C=O) groups excluding carboxylic acids is 3. The van der Waals surface area contributed by atoms with Gasteiger partial charge in [0.15, 0.2) is 11.5 Å². The second-order valence-electron chi connectivity index (χ2n) is 9.21. The van der Waals surface area contributed by atoms with Crippen molar-refractivity contribution in [2.24, 2.45) is 17.8 Å². The fourth-order valence-electron chi connectivity index (χ4n) is 5.86. The van der Waals surface area contributed by atoms with Crippen molar-refractivity contribution in [1.29, 1.82) is 0 Å². The Balaban J connectivity index is 1.20. The molecular weight excluding hydrogens is 428 g/mol.